The van der Waals surface area contributed by atoms with E-state index in [1.165, 1.54) is 0 Å². The van der Waals surface area contributed by atoms with Gasteiger partial charge in [0.15, 0.2) is 5.82 Å². The molecule has 0 aliphatic heterocycles. The fourth-order valence-electron chi connectivity index (χ4n) is 2.80. The van der Waals surface area contributed by atoms with Crippen LogP contribution in [0.15, 0.2) is 41.5 Å². The largest absolute Gasteiger partial charge is 0.366 e. The molecule has 2 aromatic rings. The van der Waals surface area contributed by atoms with Crippen LogP contribution in [0.25, 0.3) is 11.1 Å². The number of hydrogen-bond donors (Lipinski definition) is 2. The standard InChI is InChI=1S/C18H19ClN4O/c19-16-10-22-17(23-14-6-4-13(20)5-7-14)9-15(16)11-2-1-3-12(8-11)18(21)24/h1-3,8-10,13H,4-7,20H2,(H2,21,24). The summed E-state index contributed by atoms with van der Waals surface area (Å²) in [5.74, 6) is 0.144. The molecule has 5 nitrogen and oxygen atoms in total. The van der Waals surface area contributed by atoms with E-state index < -0.39 is 5.91 Å². The molecule has 1 aliphatic rings. The first-order valence-electron chi connectivity index (χ1n) is 7.91. The third-order valence-corrected chi connectivity index (χ3v) is 4.48. The Bertz CT molecular complexity index is 793. The number of pyridine rings is 1. The zero-order valence-electron chi connectivity index (χ0n) is 13.2. The minimum atomic E-state index is -0.471. The van der Waals surface area contributed by atoms with Gasteiger partial charge in [-0.3, -0.25) is 4.79 Å². The lowest BCUT2D eigenvalue weighted by Gasteiger charge is -2.18. The molecule has 4 N–H and O–H groups in total. The number of aliphatic imine (C=N–C) groups is 1. The van der Waals surface area contributed by atoms with Crippen LogP contribution in [0.2, 0.25) is 5.02 Å². The lowest BCUT2D eigenvalue weighted by molar-refractivity contribution is 0.100. The first-order chi connectivity index (χ1) is 11.5. The predicted octanol–water partition coefficient (Wildman–Crippen LogP) is 3.47. The van der Waals surface area contributed by atoms with Crippen LogP contribution in [0.4, 0.5) is 5.82 Å². The second-order valence-corrected chi connectivity index (χ2v) is 6.39. The van der Waals surface area contributed by atoms with E-state index in [-0.39, 0.29) is 6.04 Å². The third-order valence-electron chi connectivity index (χ3n) is 4.18. The number of aromatic nitrogens is 1. The Balaban J connectivity index is 1.93. The average molecular weight is 343 g/mol. The number of hydrogen-bond acceptors (Lipinski definition) is 4. The monoisotopic (exact) mass is 342 g/mol. The zero-order chi connectivity index (χ0) is 17.1. The maximum atomic E-state index is 11.4. The van der Waals surface area contributed by atoms with Crippen LogP contribution in [0.1, 0.15) is 36.0 Å². The van der Waals surface area contributed by atoms with E-state index >= 15 is 0 Å². The molecule has 0 atom stereocenters. The highest BCUT2D eigenvalue weighted by Crippen LogP contribution is 2.31. The number of carbonyl (C=O) groups excluding carboxylic acids is 1. The van der Waals surface area contributed by atoms with Crippen LogP contribution in [-0.2, 0) is 0 Å². The molecule has 1 saturated carbocycles. The van der Waals surface area contributed by atoms with Gasteiger partial charge in [0.05, 0.1) is 5.02 Å². The molecular weight excluding hydrogens is 324 g/mol. The summed E-state index contributed by atoms with van der Waals surface area (Å²) in [6.07, 6.45) is 5.30. The number of benzene rings is 1. The number of carbonyl (C=O) groups is 1. The molecule has 0 bridgehead atoms. The van der Waals surface area contributed by atoms with Gasteiger partial charge in [0.1, 0.15) is 0 Å². The molecule has 24 heavy (non-hydrogen) atoms. The second kappa shape index (κ2) is 7.11. The number of rotatable bonds is 3. The lowest BCUT2D eigenvalue weighted by atomic mass is 9.94. The number of nitrogens with two attached hydrogens (primary N) is 2. The maximum Gasteiger partial charge on any atom is 0.248 e. The predicted molar refractivity (Wildman–Crippen MR) is 96.7 cm³/mol. The van der Waals surface area contributed by atoms with E-state index in [1.807, 2.05) is 12.1 Å². The van der Waals surface area contributed by atoms with E-state index in [1.54, 1.807) is 24.4 Å². The molecule has 124 valence electrons. The van der Waals surface area contributed by atoms with Gasteiger partial charge in [0, 0.05) is 29.1 Å². The van der Waals surface area contributed by atoms with Gasteiger partial charge in [-0.25, -0.2) is 9.98 Å². The van der Waals surface area contributed by atoms with E-state index in [2.05, 4.69) is 9.98 Å². The van der Waals surface area contributed by atoms with Gasteiger partial charge in [-0.2, -0.15) is 0 Å². The molecule has 0 saturated heterocycles. The van der Waals surface area contributed by atoms with Crippen molar-refractivity contribution in [2.75, 3.05) is 0 Å². The van der Waals surface area contributed by atoms with Gasteiger partial charge < -0.3 is 11.5 Å². The molecule has 1 aliphatic carbocycles. The minimum absolute atomic E-state index is 0.272. The summed E-state index contributed by atoms with van der Waals surface area (Å²) in [4.78, 5) is 20.3. The highest BCUT2D eigenvalue weighted by molar-refractivity contribution is 6.33. The summed E-state index contributed by atoms with van der Waals surface area (Å²) in [5, 5.41) is 0.506. The number of halogens is 1. The molecule has 1 amide bonds. The first-order valence-corrected chi connectivity index (χ1v) is 8.28. The van der Waals surface area contributed by atoms with Crippen LogP contribution >= 0.6 is 11.6 Å². The molecule has 0 radical (unpaired) electrons. The molecule has 1 fully saturated rings. The SMILES string of the molecule is NC(=O)c1cccc(-c2cc(N=C3CCC(N)CC3)ncc2Cl)c1. The van der Waals surface area contributed by atoms with Gasteiger partial charge in [0.2, 0.25) is 5.91 Å². The highest BCUT2D eigenvalue weighted by atomic mass is 35.5. The van der Waals surface area contributed by atoms with Crippen molar-refractivity contribution >= 4 is 29.0 Å². The van der Waals surface area contributed by atoms with Crippen molar-refractivity contribution in [2.45, 2.75) is 31.7 Å². The molecule has 0 unspecified atom stereocenters. The third kappa shape index (κ3) is 3.80. The van der Waals surface area contributed by atoms with Crippen molar-refractivity contribution in [2.24, 2.45) is 16.5 Å². The smallest absolute Gasteiger partial charge is 0.248 e. The molecule has 0 spiro atoms. The molecule has 1 heterocycles. The van der Waals surface area contributed by atoms with Crippen LogP contribution in [0.5, 0.6) is 0 Å². The van der Waals surface area contributed by atoms with Gasteiger partial charge in [-0.1, -0.05) is 23.7 Å². The topological polar surface area (TPSA) is 94.4 Å². The quantitative estimate of drug-likeness (QED) is 0.894. The molecule has 3 rings (SSSR count). The lowest BCUT2D eigenvalue weighted by Crippen LogP contribution is -2.26. The average Bonchev–Trinajstić information content (AvgIpc) is 2.58. The highest BCUT2D eigenvalue weighted by Gasteiger charge is 2.14. The summed E-state index contributed by atoms with van der Waals surface area (Å²) < 4.78 is 0. The Morgan fingerprint density at radius 2 is 2.00 bits per heavy atom. The van der Waals surface area contributed by atoms with Crippen LogP contribution in [0, 0.1) is 0 Å². The summed E-state index contributed by atoms with van der Waals surface area (Å²) in [7, 11) is 0. The fraction of sp³-hybridized carbons (Fsp3) is 0.278. The van der Waals surface area contributed by atoms with E-state index in [9.17, 15) is 4.79 Å². The summed E-state index contributed by atoms with van der Waals surface area (Å²) >= 11 is 6.28. The van der Waals surface area contributed by atoms with Crippen molar-refractivity contribution in [1.82, 2.24) is 4.98 Å². The number of primary amides is 1. The Hall–Kier alpha value is -2.24. The molecule has 1 aromatic carbocycles. The van der Waals surface area contributed by atoms with Gasteiger partial charge in [-0.05, 0) is 49.4 Å². The van der Waals surface area contributed by atoms with E-state index in [0.717, 1.165) is 42.5 Å². The second-order valence-electron chi connectivity index (χ2n) is 5.98. The van der Waals surface area contributed by atoms with Crippen molar-refractivity contribution in [3.8, 4) is 11.1 Å². The van der Waals surface area contributed by atoms with Crippen molar-refractivity contribution in [3.05, 3.63) is 47.1 Å². The number of nitrogens with zero attached hydrogens (tertiary/aromatic N) is 2. The number of amides is 1. The zero-order valence-corrected chi connectivity index (χ0v) is 14.0. The molecular formula is C18H19ClN4O. The van der Waals surface area contributed by atoms with Crippen molar-refractivity contribution in [3.63, 3.8) is 0 Å². The van der Waals surface area contributed by atoms with Gasteiger partial charge in [0.25, 0.3) is 0 Å². The van der Waals surface area contributed by atoms with Crippen LogP contribution in [0.3, 0.4) is 0 Å². The van der Waals surface area contributed by atoms with Crippen LogP contribution < -0.4 is 11.5 Å². The van der Waals surface area contributed by atoms with Crippen molar-refractivity contribution in [1.29, 1.82) is 0 Å². The fourth-order valence-corrected chi connectivity index (χ4v) is 3.01. The summed E-state index contributed by atoms with van der Waals surface area (Å²) in [6.45, 7) is 0. The maximum absolute atomic E-state index is 11.4. The van der Waals surface area contributed by atoms with Gasteiger partial charge in [-0.15, -0.1) is 0 Å². The Kier molecular flexibility index (Phi) is 4.92. The van der Waals surface area contributed by atoms with Crippen molar-refractivity contribution < 1.29 is 4.79 Å². The minimum Gasteiger partial charge on any atom is -0.366 e. The van der Waals surface area contributed by atoms with E-state index in [0.29, 0.717) is 16.4 Å². The Morgan fingerprint density at radius 3 is 2.71 bits per heavy atom. The summed E-state index contributed by atoms with van der Waals surface area (Å²) in [6, 6.07) is 9.16. The normalized spacial score (nSPS) is 17.6. The molecule has 1 aromatic heterocycles. The summed E-state index contributed by atoms with van der Waals surface area (Å²) in [5.41, 5.74) is 14.4. The van der Waals surface area contributed by atoms with Crippen LogP contribution in [-0.4, -0.2) is 22.6 Å². The molecule has 6 heteroatoms. The first kappa shape index (κ1) is 16.6. The van der Waals surface area contributed by atoms with Gasteiger partial charge >= 0.3 is 0 Å². The van der Waals surface area contributed by atoms with E-state index in [4.69, 9.17) is 23.1 Å². The Morgan fingerprint density at radius 1 is 1.25 bits per heavy atom. The Labute approximate surface area is 145 Å².